The van der Waals surface area contributed by atoms with Crippen LogP contribution in [0.25, 0.3) is 6.08 Å². The fourth-order valence-electron chi connectivity index (χ4n) is 1.68. The second-order valence-corrected chi connectivity index (χ2v) is 6.02. The Kier molecular flexibility index (Phi) is 5.32. The maximum Gasteiger partial charge on any atom is 0.266 e. The minimum absolute atomic E-state index is 0.0491. The second-order valence-electron chi connectivity index (χ2n) is 4.19. The van der Waals surface area contributed by atoms with Crippen molar-refractivity contribution in [3.63, 3.8) is 0 Å². The van der Waals surface area contributed by atoms with Gasteiger partial charge >= 0.3 is 0 Å². The molecule has 0 aliphatic rings. The van der Waals surface area contributed by atoms with Gasteiger partial charge in [-0.05, 0) is 42.0 Å². The van der Waals surface area contributed by atoms with E-state index in [1.807, 2.05) is 42.5 Å². The summed E-state index contributed by atoms with van der Waals surface area (Å²) in [4.78, 5) is 12.1. The molecule has 1 N–H and O–H groups in total. The third-order valence-electron chi connectivity index (χ3n) is 2.61. The SMILES string of the molecule is N#C/C(=C/c1cccc(Br)c1)C(=O)Nc1cccc(Br)c1. The summed E-state index contributed by atoms with van der Waals surface area (Å²) in [5.74, 6) is -0.435. The van der Waals surface area contributed by atoms with Gasteiger partial charge in [0.15, 0.2) is 0 Å². The molecule has 21 heavy (non-hydrogen) atoms. The van der Waals surface area contributed by atoms with E-state index < -0.39 is 5.91 Å². The molecule has 0 radical (unpaired) electrons. The van der Waals surface area contributed by atoms with Crippen LogP contribution < -0.4 is 5.32 Å². The van der Waals surface area contributed by atoms with Crippen LogP contribution in [0.1, 0.15) is 5.56 Å². The number of halogens is 2. The van der Waals surface area contributed by atoms with Crippen molar-refractivity contribution in [2.24, 2.45) is 0 Å². The Balaban J connectivity index is 2.21. The van der Waals surface area contributed by atoms with Crippen molar-refractivity contribution >= 4 is 49.5 Å². The van der Waals surface area contributed by atoms with E-state index in [1.54, 1.807) is 18.2 Å². The Morgan fingerprint density at radius 2 is 1.76 bits per heavy atom. The second kappa shape index (κ2) is 7.21. The molecule has 0 saturated carbocycles. The standard InChI is InChI=1S/C16H10Br2N2O/c17-13-4-1-3-11(8-13)7-12(10-19)16(21)20-15-6-2-5-14(18)9-15/h1-9H,(H,20,21)/b12-7-. The van der Waals surface area contributed by atoms with E-state index in [0.29, 0.717) is 5.69 Å². The Morgan fingerprint density at radius 3 is 2.38 bits per heavy atom. The molecule has 2 rings (SSSR count). The van der Waals surface area contributed by atoms with Crippen LogP contribution in [0.3, 0.4) is 0 Å². The van der Waals surface area contributed by atoms with Crippen molar-refractivity contribution in [2.75, 3.05) is 5.32 Å². The number of benzene rings is 2. The van der Waals surface area contributed by atoms with Gasteiger partial charge in [-0.3, -0.25) is 4.79 Å². The number of nitrogens with zero attached hydrogens (tertiary/aromatic N) is 1. The first-order valence-electron chi connectivity index (χ1n) is 6.03. The average molecular weight is 406 g/mol. The van der Waals surface area contributed by atoms with Crippen molar-refractivity contribution in [1.29, 1.82) is 5.26 Å². The van der Waals surface area contributed by atoms with Crippen LogP contribution in [0.15, 0.2) is 63.0 Å². The van der Waals surface area contributed by atoms with Gasteiger partial charge in [0.2, 0.25) is 0 Å². The number of carbonyl (C=O) groups excluding carboxylic acids is 1. The number of hydrogen-bond donors (Lipinski definition) is 1. The van der Waals surface area contributed by atoms with E-state index in [9.17, 15) is 4.79 Å². The summed E-state index contributed by atoms with van der Waals surface area (Å²) in [7, 11) is 0. The van der Waals surface area contributed by atoms with Gasteiger partial charge in [0.25, 0.3) is 5.91 Å². The van der Waals surface area contributed by atoms with E-state index in [2.05, 4.69) is 37.2 Å². The van der Waals surface area contributed by atoms with Crippen LogP contribution in [0, 0.1) is 11.3 Å². The molecule has 104 valence electrons. The Bertz CT molecular complexity index is 748. The summed E-state index contributed by atoms with van der Waals surface area (Å²) in [5, 5.41) is 11.9. The van der Waals surface area contributed by atoms with Gasteiger partial charge in [-0.2, -0.15) is 5.26 Å². The highest BCUT2D eigenvalue weighted by molar-refractivity contribution is 9.10. The van der Waals surface area contributed by atoms with Crippen LogP contribution in [0.4, 0.5) is 5.69 Å². The van der Waals surface area contributed by atoms with Crippen LogP contribution >= 0.6 is 31.9 Å². The normalized spacial score (nSPS) is 10.8. The fourth-order valence-corrected chi connectivity index (χ4v) is 2.49. The van der Waals surface area contributed by atoms with Gasteiger partial charge in [0.1, 0.15) is 11.6 Å². The maximum atomic E-state index is 12.1. The number of amides is 1. The van der Waals surface area contributed by atoms with Gasteiger partial charge < -0.3 is 5.32 Å². The predicted octanol–water partition coefficient (Wildman–Crippen LogP) is 4.76. The highest BCUT2D eigenvalue weighted by Gasteiger charge is 2.09. The van der Waals surface area contributed by atoms with Gasteiger partial charge in [-0.25, -0.2) is 0 Å². The zero-order valence-electron chi connectivity index (χ0n) is 10.8. The van der Waals surface area contributed by atoms with Crippen LogP contribution in [0.2, 0.25) is 0 Å². The summed E-state index contributed by atoms with van der Waals surface area (Å²) in [6.07, 6.45) is 1.55. The summed E-state index contributed by atoms with van der Waals surface area (Å²) in [5.41, 5.74) is 1.46. The molecule has 0 fully saturated rings. The highest BCUT2D eigenvalue weighted by atomic mass is 79.9. The highest BCUT2D eigenvalue weighted by Crippen LogP contribution is 2.18. The first kappa shape index (κ1) is 15.5. The minimum Gasteiger partial charge on any atom is -0.321 e. The van der Waals surface area contributed by atoms with Gasteiger partial charge in [0.05, 0.1) is 0 Å². The molecule has 3 nitrogen and oxygen atoms in total. The fraction of sp³-hybridized carbons (Fsp3) is 0. The largest absolute Gasteiger partial charge is 0.321 e. The zero-order valence-corrected chi connectivity index (χ0v) is 14.0. The minimum atomic E-state index is -0.435. The molecular formula is C16H10Br2N2O. The van der Waals surface area contributed by atoms with Gasteiger partial charge in [-0.1, -0.05) is 50.1 Å². The summed E-state index contributed by atoms with van der Waals surface area (Å²) >= 11 is 6.69. The molecule has 5 heteroatoms. The molecule has 0 saturated heterocycles. The molecule has 2 aromatic rings. The summed E-state index contributed by atoms with van der Waals surface area (Å²) in [6.45, 7) is 0. The molecule has 0 unspecified atom stereocenters. The first-order chi connectivity index (χ1) is 10.1. The van der Waals surface area contributed by atoms with E-state index in [1.165, 1.54) is 0 Å². The monoisotopic (exact) mass is 404 g/mol. The number of carbonyl (C=O) groups is 1. The predicted molar refractivity (Wildman–Crippen MR) is 90.5 cm³/mol. The lowest BCUT2D eigenvalue weighted by atomic mass is 10.1. The summed E-state index contributed by atoms with van der Waals surface area (Å²) < 4.78 is 1.75. The molecule has 1 amide bonds. The number of rotatable bonds is 3. The third kappa shape index (κ3) is 4.55. The molecule has 0 aromatic heterocycles. The van der Waals surface area contributed by atoms with Crippen molar-refractivity contribution < 1.29 is 4.79 Å². The summed E-state index contributed by atoms with van der Waals surface area (Å²) in [6, 6.07) is 16.5. The molecular weight excluding hydrogens is 396 g/mol. The zero-order chi connectivity index (χ0) is 15.2. The van der Waals surface area contributed by atoms with Crippen LogP contribution in [-0.4, -0.2) is 5.91 Å². The van der Waals surface area contributed by atoms with Crippen LogP contribution in [0.5, 0.6) is 0 Å². The Morgan fingerprint density at radius 1 is 1.10 bits per heavy atom. The number of hydrogen-bond acceptors (Lipinski definition) is 2. The molecule has 0 aliphatic carbocycles. The molecule has 0 heterocycles. The molecule has 0 aliphatic heterocycles. The molecule has 0 atom stereocenters. The van der Waals surface area contributed by atoms with Gasteiger partial charge in [0, 0.05) is 14.6 Å². The van der Waals surface area contributed by atoms with Crippen molar-refractivity contribution in [2.45, 2.75) is 0 Å². The van der Waals surface area contributed by atoms with Crippen molar-refractivity contribution in [3.8, 4) is 6.07 Å². The maximum absolute atomic E-state index is 12.1. The lowest BCUT2D eigenvalue weighted by Crippen LogP contribution is -2.13. The van der Waals surface area contributed by atoms with Crippen molar-refractivity contribution in [1.82, 2.24) is 0 Å². The van der Waals surface area contributed by atoms with Crippen LogP contribution in [-0.2, 0) is 4.79 Å². The number of nitrogens with one attached hydrogen (secondary N) is 1. The van der Waals surface area contributed by atoms with Crippen molar-refractivity contribution in [3.05, 3.63) is 68.6 Å². The lowest BCUT2D eigenvalue weighted by Gasteiger charge is -2.04. The van der Waals surface area contributed by atoms with E-state index in [0.717, 1.165) is 14.5 Å². The molecule has 0 spiro atoms. The topological polar surface area (TPSA) is 52.9 Å². The average Bonchev–Trinajstić information content (AvgIpc) is 2.44. The Hall–Kier alpha value is -1.90. The smallest absolute Gasteiger partial charge is 0.266 e. The lowest BCUT2D eigenvalue weighted by molar-refractivity contribution is -0.112. The first-order valence-corrected chi connectivity index (χ1v) is 7.61. The quantitative estimate of drug-likeness (QED) is 0.591. The van der Waals surface area contributed by atoms with Gasteiger partial charge in [-0.15, -0.1) is 0 Å². The third-order valence-corrected chi connectivity index (χ3v) is 3.59. The molecule has 2 aromatic carbocycles. The van der Waals surface area contributed by atoms with E-state index in [-0.39, 0.29) is 5.57 Å². The number of anilines is 1. The Labute approximate surface area is 139 Å². The van der Waals surface area contributed by atoms with E-state index in [4.69, 9.17) is 5.26 Å². The number of nitriles is 1. The molecule has 0 bridgehead atoms. The van der Waals surface area contributed by atoms with E-state index >= 15 is 0 Å².